The summed E-state index contributed by atoms with van der Waals surface area (Å²) in [5.41, 5.74) is 0. The molecule has 380 valence electrons. The van der Waals surface area contributed by atoms with Gasteiger partial charge in [-0.2, -0.15) is 0 Å². The molecule has 0 amide bonds. The molecule has 0 fully saturated rings. The van der Waals surface area contributed by atoms with Crippen LogP contribution in [-0.4, -0.2) is 37.2 Å². The van der Waals surface area contributed by atoms with E-state index in [4.69, 9.17) is 14.2 Å². The Morgan fingerprint density at radius 1 is 0.312 bits per heavy atom. The Labute approximate surface area is 399 Å². The summed E-state index contributed by atoms with van der Waals surface area (Å²) in [5, 5.41) is 0. The van der Waals surface area contributed by atoms with E-state index in [-0.39, 0.29) is 31.1 Å². The molecule has 2 atom stereocenters. The van der Waals surface area contributed by atoms with E-state index in [1.165, 1.54) is 199 Å². The summed E-state index contributed by atoms with van der Waals surface area (Å²) < 4.78 is 16.9. The van der Waals surface area contributed by atoms with Gasteiger partial charge in [0, 0.05) is 19.3 Å². The van der Waals surface area contributed by atoms with Gasteiger partial charge in [-0.25, -0.2) is 0 Å². The molecule has 0 saturated carbocycles. The highest BCUT2D eigenvalue weighted by Gasteiger charge is 2.19. The number of carbonyl (C=O) groups is 3. The Bertz CT molecular complexity index is 993. The summed E-state index contributed by atoms with van der Waals surface area (Å²) in [5.74, 6) is 1.66. The quantitative estimate of drug-likeness (QED) is 0.0344. The van der Waals surface area contributed by atoms with E-state index in [1.54, 1.807) is 0 Å². The molecule has 0 rings (SSSR count). The van der Waals surface area contributed by atoms with Crippen molar-refractivity contribution in [3.8, 4) is 0 Å². The van der Waals surface area contributed by atoms with Crippen molar-refractivity contribution in [1.29, 1.82) is 0 Å². The van der Waals surface area contributed by atoms with Crippen molar-refractivity contribution >= 4 is 17.9 Å². The fourth-order valence-corrected chi connectivity index (χ4v) is 8.79. The minimum Gasteiger partial charge on any atom is -0.462 e. The zero-order valence-electron chi connectivity index (χ0n) is 44.1. The molecule has 64 heavy (non-hydrogen) atoms. The van der Waals surface area contributed by atoms with E-state index in [0.29, 0.717) is 19.3 Å². The number of ether oxygens (including phenoxy) is 3. The third-order valence-corrected chi connectivity index (χ3v) is 13.5. The van der Waals surface area contributed by atoms with E-state index < -0.39 is 6.10 Å². The molecule has 0 aliphatic rings. The second kappa shape index (κ2) is 49.3. The Kier molecular flexibility index (Phi) is 48.1. The maximum absolute atomic E-state index is 12.8. The SMILES string of the molecule is CCC(C)CCCCCCCCC(=O)O[C@@H](COC(=O)CCCCCCCCCCCCCCCCCCC(C)C)COC(=O)CCCCCCCCCCCCCCCCC(C)C. The average Bonchev–Trinajstić information content (AvgIpc) is 3.27. The van der Waals surface area contributed by atoms with Crippen molar-refractivity contribution in [3.63, 3.8) is 0 Å². The first-order valence-electron chi connectivity index (χ1n) is 28.6. The predicted molar refractivity (Wildman–Crippen MR) is 275 cm³/mol. The molecule has 0 heterocycles. The van der Waals surface area contributed by atoms with Crippen LogP contribution in [0.1, 0.15) is 318 Å². The summed E-state index contributed by atoms with van der Waals surface area (Å²) in [6.45, 7) is 13.7. The lowest BCUT2D eigenvalue weighted by atomic mass is 10.00. The van der Waals surface area contributed by atoms with Crippen molar-refractivity contribution in [1.82, 2.24) is 0 Å². The first-order valence-corrected chi connectivity index (χ1v) is 28.6. The topological polar surface area (TPSA) is 78.9 Å². The van der Waals surface area contributed by atoms with Crippen LogP contribution in [0, 0.1) is 17.8 Å². The fraction of sp³-hybridized carbons (Fsp3) is 0.948. The standard InChI is InChI=1S/C58H112O6/c1-7-54(6)46-40-34-30-31-37-43-49-58(61)64-55(51-63-57(60)48-42-36-29-25-21-17-13-12-15-19-23-27-33-39-45-53(4)5)50-62-56(59)47-41-35-28-24-20-16-11-9-8-10-14-18-22-26-32-38-44-52(2)3/h52-55H,7-51H2,1-6H3/t54?,55-/m0/s1. The molecule has 0 N–H and O–H groups in total. The number of unbranched alkanes of at least 4 members (excludes halogenated alkanes) is 33. The van der Waals surface area contributed by atoms with Gasteiger partial charge < -0.3 is 14.2 Å². The molecule has 0 radical (unpaired) electrons. The van der Waals surface area contributed by atoms with Gasteiger partial charge in [0.25, 0.3) is 0 Å². The molecule has 0 bridgehead atoms. The lowest BCUT2D eigenvalue weighted by molar-refractivity contribution is -0.167. The van der Waals surface area contributed by atoms with Crippen LogP contribution in [-0.2, 0) is 28.6 Å². The third-order valence-electron chi connectivity index (χ3n) is 13.5. The van der Waals surface area contributed by atoms with Crippen LogP contribution < -0.4 is 0 Å². The normalized spacial score (nSPS) is 12.6. The fourth-order valence-electron chi connectivity index (χ4n) is 8.79. The van der Waals surface area contributed by atoms with E-state index >= 15 is 0 Å². The van der Waals surface area contributed by atoms with Crippen LogP contribution in [0.25, 0.3) is 0 Å². The maximum atomic E-state index is 12.8. The Balaban J connectivity index is 4.22. The molecule has 0 aromatic carbocycles. The summed E-state index contributed by atoms with van der Waals surface area (Å²) in [7, 11) is 0. The Morgan fingerprint density at radius 3 is 0.812 bits per heavy atom. The van der Waals surface area contributed by atoms with Crippen molar-refractivity contribution in [2.75, 3.05) is 13.2 Å². The van der Waals surface area contributed by atoms with Crippen LogP contribution in [0.15, 0.2) is 0 Å². The molecule has 6 heteroatoms. The number of esters is 3. The molecule has 0 spiro atoms. The van der Waals surface area contributed by atoms with Crippen molar-refractivity contribution in [2.45, 2.75) is 324 Å². The molecule has 0 aromatic heterocycles. The second-order valence-corrected chi connectivity index (χ2v) is 21.1. The first-order chi connectivity index (χ1) is 31.1. The minimum atomic E-state index is -0.764. The predicted octanol–water partition coefficient (Wildman–Crippen LogP) is 18.7. The second-order valence-electron chi connectivity index (χ2n) is 21.1. The smallest absolute Gasteiger partial charge is 0.306 e. The summed E-state index contributed by atoms with van der Waals surface area (Å²) in [4.78, 5) is 38.1. The molecule has 0 aliphatic heterocycles. The maximum Gasteiger partial charge on any atom is 0.306 e. The van der Waals surface area contributed by atoms with Crippen LogP contribution in [0.4, 0.5) is 0 Å². The number of hydrogen-bond acceptors (Lipinski definition) is 6. The highest BCUT2D eigenvalue weighted by molar-refractivity contribution is 5.71. The average molecular weight is 906 g/mol. The number of carbonyl (C=O) groups excluding carboxylic acids is 3. The van der Waals surface area contributed by atoms with Crippen LogP contribution in [0.5, 0.6) is 0 Å². The largest absolute Gasteiger partial charge is 0.462 e. The molecule has 0 aromatic rings. The third kappa shape index (κ3) is 49.8. The van der Waals surface area contributed by atoms with Gasteiger partial charge in [-0.05, 0) is 37.0 Å². The molecular formula is C58H112O6. The number of rotatable bonds is 51. The van der Waals surface area contributed by atoms with Gasteiger partial charge in [-0.1, -0.05) is 279 Å². The Morgan fingerprint density at radius 2 is 0.547 bits per heavy atom. The summed E-state index contributed by atoms with van der Waals surface area (Å²) in [6, 6.07) is 0. The van der Waals surface area contributed by atoms with Gasteiger partial charge >= 0.3 is 17.9 Å². The van der Waals surface area contributed by atoms with Crippen LogP contribution in [0.3, 0.4) is 0 Å². The lowest BCUT2D eigenvalue weighted by Gasteiger charge is -2.18. The van der Waals surface area contributed by atoms with Crippen molar-refractivity contribution < 1.29 is 28.6 Å². The van der Waals surface area contributed by atoms with E-state index in [2.05, 4.69) is 41.5 Å². The van der Waals surface area contributed by atoms with Gasteiger partial charge in [-0.3, -0.25) is 14.4 Å². The number of hydrogen-bond donors (Lipinski definition) is 0. The monoisotopic (exact) mass is 905 g/mol. The molecule has 1 unspecified atom stereocenters. The van der Waals surface area contributed by atoms with E-state index in [1.807, 2.05) is 0 Å². The zero-order valence-corrected chi connectivity index (χ0v) is 44.1. The van der Waals surface area contributed by atoms with Gasteiger partial charge in [0.1, 0.15) is 13.2 Å². The highest BCUT2D eigenvalue weighted by atomic mass is 16.6. The molecule has 0 saturated heterocycles. The van der Waals surface area contributed by atoms with Crippen LogP contribution >= 0.6 is 0 Å². The van der Waals surface area contributed by atoms with Gasteiger partial charge in [0.15, 0.2) is 6.10 Å². The van der Waals surface area contributed by atoms with Gasteiger partial charge in [0.2, 0.25) is 0 Å². The zero-order chi connectivity index (χ0) is 47.0. The summed E-state index contributed by atoms with van der Waals surface area (Å²) in [6.07, 6.45) is 51.0. The first kappa shape index (κ1) is 62.4. The van der Waals surface area contributed by atoms with Crippen molar-refractivity contribution in [3.05, 3.63) is 0 Å². The molecular weight excluding hydrogens is 793 g/mol. The summed E-state index contributed by atoms with van der Waals surface area (Å²) >= 11 is 0. The minimum absolute atomic E-state index is 0.0646. The molecule has 6 nitrogen and oxygen atoms in total. The molecule has 0 aliphatic carbocycles. The van der Waals surface area contributed by atoms with E-state index in [9.17, 15) is 14.4 Å². The van der Waals surface area contributed by atoms with Gasteiger partial charge in [-0.15, -0.1) is 0 Å². The highest BCUT2D eigenvalue weighted by Crippen LogP contribution is 2.19. The van der Waals surface area contributed by atoms with Gasteiger partial charge in [0.05, 0.1) is 0 Å². The Hall–Kier alpha value is -1.59. The van der Waals surface area contributed by atoms with E-state index in [0.717, 1.165) is 75.5 Å². The van der Waals surface area contributed by atoms with Crippen LogP contribution in [0.2, 0.25) is 0 Å². The lowest BCUT2D eigenvalue weighted by Crippen LogP contribution is -2.30. The van der Waals surface area contributed by atoms with Crippen molar-refractivity contribution in [2.24, 2.45) is 17.8 Å².